The molecule has 1 amide bonds. The van der Waals surface area contributed by atoms with E-state index in [1.807, 2.05) is 0 Å². The van der Waals surface area contributed by atoms with Gasteiger partial charge in [-0.25, -0.2) is 0 Å². The molecule has 4 nitrogen and oxygen atoms in total. The molecule has 1 atom stereocenters. The molecule has 0 spiro atoms. The summed E-state index contributed by atoms with van der Waals surface area (Å²) in [6.45, 7) is 1.39. The van der Waals surface area contributed by atoms with Gasteiger partial charge in [-0.05, 0) is 31.0 Å². The Morgan fingerprint density at radius 2 is 2.42 bits per heavy atom. The summed E-state index contributed by atoms with van der Waals surface area (Å²) in [5, 5.41) is 3.49. The van der Waals surface area contributed by atoms with E-state index in [0.717, 1.165) is 24.3 Å². The first-order valence-electron chi connectivity index (χ1n) is 6.21. The highest BCUT2D eigenvalue weighted by Gasteiger charge is 2.16. The van der Waals surface area contributed by atoms with E-state index < -0.39 is 0 Å². The van der Waals surface area contributed by atoms with Crippen LogP contribution in [0.25, 0.3) is 0 Å². The number of hydrogen-bond acceptors (Lipinski definition) is 4. The number of benzene rings is 1. The minimum absolute atomic E-state index is 0.0140. The molecule has 3 N–H and O–H groups in total. The summed E-state index contributed by atoms with van der Waals surface area (Å²) >= 11 is 7.28. The van der Waals surface area contributed by atoms with Crippen molar-refractivity contribution >= 4 is 35.0 Å². The van der Waals surface area contributed by atoms with Crippen molar-refractivity contribution in [3.8, 4) is 0 Å². The third-order valence-corrected chi connectivity index (χ3v) is 4.19. The van der Waals surface area contributed by atoms with Crippen LogP contribution in [0.4, 0.5) is 5.69 Å². The van der Waals surface area contributed by atoms with Gasteiger partial charge in [0.15, 0.2) is 0 Å². The molecule has 1 aliphatic rings. The summed E-state index contributed by atoms with van der Waals surface area (Å²) in [7, 11) is 0. The normalized spacial score (nSPS) is 18.5. The van der Waals surface area contributed by atoms with Crippen molar-refractivity contribution in [1.29, 1.82) is 0 Å². The zero-order chi connectivity index (χ0) is 13.7. The number of nitrogens with one attached hydrogen (secondary N) is 1. The van der Waals surface area contributed by atoms with Crippen LogP contribution in [-0.2, 0) is 9.53 Å². The lowest BCUT2D eigenvalue weighted by atomic mass is 10.2. The van der Waals surface area contributed by atoms with E-state index in [9.17, 15) is 4.79 Å². The first-order chi connectivity index (χ1) is 9.15. The molecule has 6 heteroatoms. The third-order valence-electron chi connectivity index (χ3n) is 2.89. The molecule has 0 aliphatic carbocycles. The van der Waals surface area contributed by atoms with Crippen LogP contribution < -0.4 is 11.1 Å². The zero-order valence-electron chi connectivity index (χ0n) is 10.5. The molecule has 104 valence electrons. The van der Waals surface area contributed by atoms with Gasteiger partial charge in [0.1, 0.15) is 0 Å². The molecule has 0 radical (unpaired) electrons. The number of carbonyl (C=O) groups is 1. The average molecular weight is 301 g/mol. The van der Waals surface area contributed by atoms with Gasteiger partial charge in [-0.1, -0.05) is 11.6 Å². The maximum Gasteiger partial charge on any atom is 0.230 e. The fraction of sp³-hybridized carbons (Fsp3) is 0.462. The van der Waals surface area contributed by atoms with Crippen molar-refractivity contribution < 1.29 is 9.53 Å². The van der Waals surface area contributed by atoms with E-state index in [2.05, 4.69) is 5.32 Å². The lowest BCUT2D eigenvalue weighted by Gasteiger charge is -2.11. The molecule has 1 unspecified atom stereocenters. The second kappa shape index (κ2) is 7.03. The Hall–Kier alpha value is -0.910. The molecule has 19 heavy (non-hydrogen) atoms. The van der Waals surface area contributed by atoms with Crippen LogP contribution >= 0.6 is 23.4 Å². The minimum atomic E-state index is -0.0140. The van der Waals surface area contributed by atoms with E-state index >= 15 is 0 Å². The van der Waals surface area contributed by atoms with Crippen LogP contribution in [-0.4, -0.2) is 30.9 Å². The second-order valence-corrected chi connectivity index (χ2v) is 5.86. The summed E-state index contributed by atoms with van der Waals surface area (Å²) in [5.41, 5.74) is 6.46. The standard InChI is InChI=1S/C13H17ClN2O2S/c14-9-3-4-11(15)12(6-9)19-8-13(17)16-7-10-2-1-5-18-10/h3-4,6,10H,1-2,5,7-8,15H2,(H,16,17). The number of nitrogens with two attached hydrogens (primary N) is 1. The van der Waals surface area contributed by atoms with Gasteiger partial charge in [0.05, 0.1) is 11.9 Å². The van der Waals surface area contributed by atoms with E-state index in [1.54, 1.807) is 18.2 Å². The van der Waals surface area contributed by atoms with Crippen molar-refractivity contribution in [3.63, 3.8) is 0 Å². The Kier molecular flexibility index (Phi) is 5.36. The molecule has 0 saturated carbocycles. The van der Waals surface area contributed by atoms with Crippen LogP contribution in [0, 0.1) is 0 Å². The van der Waals surface area contributed by atoms with Crippen molar-refractivity contribution in [2.45, 2.75) is 23.8 Å². The minimum Gasteiger partial charge on any atom is -0.398 e. The highest BCUT2D eigenvalue weighted by Crippen LogP contribution is 2.27. The van der Waals surface area contributed by atoms with Gasteiger partial charge < -0.3 is 15.8 Å². The van der Waals surface area contributed by atoms with E-state index in [1.165, 1.54) is 11.8 Å². The Labute approximate surface area is 122 Å². The molecule has 1 fully saturated rings. The summed E-state index contributed by atoms with van der Waals surface area (Å²) < 4.78 is 5.44. The summed E-state index contributed by atoms with van der Waals surface area (Å²) in [5.74, 6) is 0.317. The molecular weight excluding hydrogens is 284 g/mol. The van der Waals surface area contributed by atoms with E-state index in [-0.39, 0.29) is 12.0 Å². The van der Waals surface area contributed by atoms with Crippen LogP contribution in [0.2, 0.25) is 5.02 Å². The SMILES string of the molecule is Nc1ccc(Cl)cc1SCC(=O)NCC1CCCO1. The molecule has 1 aliphatic heterocycles. The number of halogens is 1. The monoisotopic (exact) mass is 300 g/mol. The molecule has 0 bridgehead atoms. The maximum absolute atomic E-state index is 11.7. The number of anilines is 1. The Balaban J connectivity index is 1.74. The number of ether oxygens (including phenoxy) is 1. The first kappa shape index (κ1) is 14.5. The maximum atomic E-state index is 11.7. The summed E-state index contributed by atoms with van der Waals surface area (Å²) in [6, 6.07) is 5.25. The largest absolute Gasteiger partial charge is 0.398 e. The van der Waals surface area contributed by atoms with Crippen LogP contribution in [0.15, 0.2) is 23.1 Å². The highest BCUT2D eigenvalue weighted by molar-refractivity contribution is 8.00. The number of nitrogen functional groups attached to an aromatic ring is 1. The quantitative estimate of drug-likeness (QED) is 0.647. The highest BCUT2D eigenvalue weighted by atomic mass is 35.5. The number of thioether (sulfide) groups is 1. The Morgan fingerprint density at radius 1 is 1.58 bits per heavy atom. The van der Waals surface area contributed by atoms with Crippen molar-refractivity contribution in [3.05, 3.63) is 23.2 Å². The number of hydrogen-bond donors (Lipinski definition) is 2. The summed E-state index contributed by atoms with van der Waals surface area (Å²) in [6.07, 6.45) is 2.27. The molecule has 1 heterocycles. The fourth-order valence-electron chi connectivity index (χ4n) is 1.86. The van der Waals surface area contributed by atoms with Gasteiger partial charge in [0.25, 0.3) is 0 Å². The van der Waals surface area contributed by atoms with Gasteiger partial charge in [-0.3, -0.25) is 4.79 Å². The lowest BCUT2D eigenvalue weighted by molar-refractivity contribution is -0.119. The third kappa shape index (κ3) is 4.60. The topological polar surface area (TPSA) is 64.4 Å². The number of amides is 1. The molecule has 1 saturated heterocycles. The second-order valence-electron chi connectivity index (χ2n) is 4.41. The lowest BCUT2D eigenvalue weighted by Crippen LogP contribution is -2.32. The van der Waals surface area contributed by atoms with Crippen molar-refractivity contribution in [2.24, 2.45) is 0 Å². The summed E-state index contributed by atoms with van der Waals surface area (Å²) in [4.78, 5) is 12.5. The molecule has 1 aromatic carbocycles. The average Bonchev–Trinajstić information content (AvgIpc) is 2.90. The molecule has 0 aromatic heterocycles. The number of rotatable bonds is 5. The van der Waals surface area contributed by atoms with Crippen molar-refractivity contribution in [1.82, 2.24) is 5.32 Å². The van der Waals surface area contributed by atoms with Gasteiger partial charge in [-0.2, -0.15) is 0 Å². The zero-order valence-corrected chi connectivity index (χ0v) is 12.1. The first-order valence-corrected chi connectivity index (χ1v) is 7.57. The predicted molar refractivity (Wildman–Crippen MR) is 78.6 cm³/mol. The molecule has 1 aromatic rings. The van der Waals surface area contributed by atoms with Crippen LogP contribution in [0.5, 0.6) is 0 Å². The molecular formula is C13H17ClN2O2S. The molecule has 2 rings (SSSR count). The van der Waals surface area contributed by atoms with Gasteiger partial charge in [0, 0.05) is 28.8 Å². The van der Waals surface area contributed by atoms with Gasteiger partial charge in [0.2, 0.25) is 5.91 Å². The smallest absolute Gasteiger partial charge is 0.230 e. The van der Waals surface area contributed by atoms with E-state index in [0.29, 0.717) is 23.0 Å². The van der Waals surface area contributed by atoms with Crippen molar-refractivity contribution in [2.75, 3.05) is 24.6 Å². The fourth-order valence-corrected chi connectivity index (χ4v) is 2.93. The van der Waals surface area contributed by atoms with Gasteiger partial charge >= 0.3 is 0 Å². The van der Waals surface area contributed by atoms with Crippen LogP contribution in [0.1, 0.15) is 12.8 Å². The van der Waals surface area contributed by atoms with Crippen LogP contribution in [0.3, 0.4) is 0 Å². The van der Waals surface area contributed by atoms with E-state index in [4.69, 9.17) is 22.1 Å². The Bertz CT molecular complexity index is 450. The Morgan fingerprint density at radius 3 is 3.16 bits per heavy atom. The van der Waals surface area contributed by atoms with Gasteiger partial charge in [-0.15, -0.1) is 11.8 Å². The predicted octanol–water partition coefficient (Wildman–Crippen LogP) is 2.31. The number of carbonyl (C=O) groups excluding carboxylic acids is 1.